The molecule has 0 N–H and O–H groups in total. The van der Waals surface area contributed by atoms with Crippen LogP contribution in [0.1, 0.15) is 72.1 Å². The average Bonchev–Trinajstić information content (AvgIpc) is 2.66. The fourth-order valence-corrected chi connectivity index (χ4v) is 4.19. The minimum Gasteiger partial charge on any atom is -0.455 e. The molecule has 0 aliphatic heterocycles. The SMILES string of the molecule is C=C(C)C(=O)OC1(C2CCCCC2)CCCC1(C)C. The third kappa shape index (κ3) is 2.59. The molecular formula is C17H28O2. The van der Waals surface area contributed by atoms with Crippen molar-refractivity contribution < 1.29 is 9.53 Å². The molecule has 108 valence electrons. The zero-order chi connectivity index (χ0) is 14.1. The standard InChI is InChI=1S/C17H28O2/c1-13(2)15(18)19-17(12-8-11-16(17,3)4)14-9-6-5-7-10-14/h14H,1,5-12H2,2-4H3. The van der Waals surface area contributed by atoms with E-state index < -0.39 is 0 Å². The highest BCUT2D eigenvalue weighted by atomic mass is 16.6. The minimum atomic E-state index is -0.247. The number of carbonyl (C=O) groups is 1. The van der Waals surface area contributed by atoms with Gasteiger partial charge in [0.1, 0.15) is 5.60 Å². The van der Waals surface area contributed by atoms with Gasteiger partial charge in [0, 0.05) is 11.0 Å². The van der Waals surface area contributed by atoms with E-state index in [0.717, 1.165) is 12.8 Å². The smallest absolute Gasteiger partial charge is 0.333 e. The molecule has 2 fully saturated rings. The van der Waals surface area contributed by atoms with E-state index in [1.54, 1.807) is 6.92 Å². The molecular weight excluding hydrogens is 236 g/mol. The molecule has 1 unspecified atom stereocenters. The number of ether oxygens (including phenoxy) is 1. The van der Waals surface area contributed by atoms with Gasteiger partial charge in [-0.05, 0) is 44.9 Å². The molecule has 2 nitrogen and oxygen atoms in total. The largest absolute Gasteiger partial charge is 0.455 e. The van der Waals surface area contributed by atoms with E-state index >= 15 is 0 Å². The van der Waals surface area contributed by atoms with E-state index in [2.05, 4.69) is 20.4 Å². The van der Waals surface area contributed by atoms with Gasteiger partial charge in [-0.2, -0.15) is 0 Å². The highest BCUT2D eigenvalue weighted by Crippen LogP contribution is 2.55. The van der Waals surface area contributed by atoms with Gasteiger partial charge in [0.05, 0.1) is 0 Å². The first-order valence-electron chi connectivity index (χ1n) is 7.78. The maximum Gasteiger partial charge on any atom is 0.333 e. The van der Waals surface area contributed by atoms with Gasteiger partial charge in [-0.1, -0.05) is 39.7 Å². The number of hydrogen-bond donors (Lipinski definition) is 0. The Morgan fingerprint density at radius 1 is 1.11 bits per heavy atom. The van der Waals surface area contributed by atoms with Crippen LogP contribution in [0.2, 0.25) is 0 Å². The van der Waals surface area contributed by atoms with Crippen LogP contribution in [0.5, 0.6) is 0 Å². The molecule has 0 saturated heterocycles. The summed E-state index contributed by atoms with van der Waals surface area (Å²) < 4.78 is 6.08. The Kier molecular flexibility index (Phi) is 4.08. The Balaban J connectivity index is 2.27. The molecule has 19 heavy (non-hydrogen) atoms. The van der Waals surface area contributed by atoms with E-state index in [4.69, 9.17) is 4.74 Å². The van der Waals surface area contributed by atoms with Gasteiger partial charge in [0.15, 0.2) is 0 Å². The second-order valence-electron chi connectivity index (χ2n) is 7.13. The summed E-state index contributed by atoms with van der Waals surface area (Å²) in [4.78, 5) is 12.1. The van der Waals surface area contributed by atoms with Crippen LogP contribution in [0.4, 0.5) is 0 Å². The van der Waals surface area contributed by atoms with Gasteiger partial charge in [0.25, 0.3) is 0 Å². The van der Waals surface area contributed by atoms with Crippen molar-refractivity contribution in [2.24, 2.45) is 11.3 Å². The Morgan fingerprint density at radius 2 is 1.74 bits per heavy atom. The van der Waals surface area contributed by atoms with E-state index in [1.165, 1.54) is 38.5 Å². The van der Waals surface area contributed by atoms with Gasteiger partial charge in [-0.3, -0.25) is 0 Å². The third-order valence-corrected chi connectivity index (χ3v) is 5.38. The number of esters is 1. The van der Waals surface area contributed by atoms with E-state index in [1.807, 2.05) is 0 Å². The molecule has 2 aliphatic rings. The van der Waals surface area contributed by atoms with Crippen molar-refractivity contribution in [3.8, 4) is 0 Å². The van der Waals surface area contributed by atoms with Crippen LogP contribution in [-0.2, 0) is 9.53 Å². The second-order valence-corrected chi connectivity index (χ2v) is 7.13. The highest BCUT2D eigenvalue weighted by Gasteiger charge is 2.56. The maximum atomic E-state index is 12.1. The predicted molar refractivity (Wildman–Crippen MR) is 77.8 cm³/mol. The van der Waals surface area contributed by atoms with E-state index in [0.29, 0.717) is 11.5 Å². The second kappa shape index (κ2) is 5.30. The molecule has 0 amide bonds. The molecule has 0 aromatic heterocycles. The van der Waals surface area contributed by atoms with Crippen LogP contribution in [-0.4, -0.2) is 11.6 Å². The monoisotopic (exact) mass is 264 g/mol. The lowest BCUT2D eigenvalue weighted by Crippen LogP contribution is -2.51. The summed E-state index contributed by atoms with van der Waals surface area (Å²) in [5.41, 5.74) is 0.377. The summed E-state index contributed by atoms with van der Waals surface area (Å²) in [5.74, 6) is 0.350. The first-order valence-corrected chi connectivity index (χ1v) is 7.78. The van der Waals surface area contributed by atoms with Crippen molar-refractivity contribution in [3.05, 3.63) is 12.2 Å². The molecule has 0 radical (unpaired) electrons. The topological polar surface area (TPSA) is 26.3 Å². The lowest BCUT2D eigenvalue weighted by atomic mass is 9.65. The van der Waals surface area contributed by atoms with Crippen molar-refractivity contribution >= 4 is 5.97 Å². The fraction of sp³-hybridized carbons (Fsp3) is 0.824. The summed E-state index contributed by atoms with van der Waals surface area (Å²) >= 11 is 0. The van der Waals surface area contributed by atoms with Crippen LogP contribution in [0, 0.1) is 11.3 Å². The highest BCUT2D eigenvalue weighted by molar-refractivity contribution is 5.87. The molecule has 0 aromatic rings. The molecule has 2 saturated carbocycles. The summed E-state index contributed by atoms with van der Waals surface area (Å²) in [5, 5.41) is 0. The molecule has 0 bridgehead atoms. The van der Waals surface area contributed by atoms with Crippen molar-refractivity contribution in [1.82, 2.24) is 0 Å². The predicted octanol–water partition coefficient (Wildman–Crippen LogP) is 4.63. The third-order valence-electron chi connectivity index (χ3n) is 5.38. The number of hydrogen-bond acceptors (Lipinski definition) is 2. The van der Waals surface area contributed by atoms with Gasteiger partial charge in [-0.15, -0.1) is 0 Å². The van der Waals surface area contributed by atoms with Gasteiger partial charge < -0.3 is 4.74 Å². The first-order chi connectivity index (χ1) is 8.89. The van der Waals surface area contributed by atoms with Crippen molar-refractivity contribution in [1.29, 1.82) is 0 Å². The lowest BCUT2D eigenvalue weighted by Gasteiger charge is -2.47. The molecule has 0 aromatic carbocycles. The van der Waals surface area contributed by atoms with Crippen molar-refractivity contribution in [2.75, 3.05) is 0 Å². The summed E-state index contributed by atoms with van der Waals surface area (Å²) in [6.45, 7) is 10.1. The normalized spacial score (nSPS) is 31.1. The molecule has 2 rings (SSSR count). The molecule has 2 heteroatoms. The summed E-state index contributed by atoms with van der Waals surface area (Å²) in [6, 6.07) is 0. The van der Waals surface area contributed by atoms with E-state index in [9.17, 15) is 4.79 Å². The maximum absolute atomic E-state index is 12.1. The quantitative estimate of drug-likeness (QED) is 0.548. The van der Waals surface area contributed by atoms with Crippen LogP contribution in [0.25, 0.3) is 0 Å². The lowest BCUT2D eigenvalue weighted by molar-refractivity contribution is -0.179. The van der Waals surface area contributed by atoms with Gasteiger partial charge in [-0.25, -0.2) is 4.79 Å². The zero-order valence-electron chi connectivity index (χ0n) is 12.8. The summed E-state index contributed by atoms with van der Waals surface area (Å²) in [6.07, 6.45) is 9.70. The Labute approximate surface area is 117 Å². The zero-order valence-corrected chi connectivity index (χ0v) is 12.8. The fourth-order valence-electron chi connectivity index (χ4n) is 4.19. The van der Waals surface area contributed by atoms with Crippen LogP contribution < -0.4 is 0 Å². The Bertz CT molecular complexity index is 363. The molecule has 2 aliphatic carbocycles. The average molecular weight is 264 g/mol. The van der Waals surface area contributed by atoms with Crippen LogP contribution >= 0.6 is 0 Å². The molecule has 1 atom stereocenters. The number of rotatable bonds is 3. The van der Waals surface area contributed by atoms with Crippen molar-refractivity contribution in [3.63, 3.8) is 0 Å². The van der Waals surface area contributed by atoms with Gasteiger partial charge in [0.2, 0.25) is 0 Å². The van der Waals surface area contributed by atoms with E-state index in [-0.39, 0.29) is 17.0 Å². The Morgan fingerprint density at radius 3 is 2.21 bits per heavy atom. The van der Waals surface area contributed by atoms with Crippen molar-refractivity contribution in [2.45, 2.75) is 77.7 Å². The first kappa shape index (κ1) is 14.6. The van der Waals surface area contributed by atoms with Gasteiger partial charge >= 0.3 is 5.97 Å². The van der Waals surface area contributed by atoms with Crippen LogP contribution in [0.15, 0.2) is 12.2 Å². The minimum absolute atomic E-state index is 0.0973. The Hall–Kier alpha value is -0.790. The number of carbonyl (C=O) groups excluding carboxylic acids is 1. The molecule has 0 heterocycles. The van der Waals surface area contributed by atoms with Crippen LogP contribution in [0.3, 0.4) is 0 Å². The summed E-state index contributed by atoms with van der Waals surface area (Å²) in [7, 11) is 0. The molecule has 0 spiro atoms.